The van der Waals surface area contributed by atoms with Crippen molar-refractivity contribution in [1.82, 2.24) is 9.97 Å². The summed E-state index contributed by atoms with van der Waals surface area (Å²) >= 11 is 0. The molecule has 0 N–H and O–H groups in total. The average molecular weight is 458 g/mol. The van der Waals surface area contributed by atoms with Crippen LogP contribution in [0.15, 0.2) is 58.8 Å². The molecule has 0 amide bonds. The Hall–Kier alpha value is -0.457. The summed E-state index contributed by atoms with van der Waals surface area (Å²) in [6, 6.07) is 11.4. The summed E-state index contributed by atoms with van der Waals surface area (Å²) in [6.07, 6.45) is 10.3. The molecule has 2 fully saturated rings. The molecule has 144 valence electrons. The Morgan fingerprint density at radius 1 is 0.593 bits per heavy atom. The fraction of sp³-hybridized carbons (Fsp3) is 0.500. The van der Waals surface area contributed by atoms with Gasteiger partial charge in [0.15, 0.2) is 0 Å². The van der Waals surface area contributed by atoms with Gasteiger partial charge >= 0.3 is 19.5 Å². The largest absolute Gasteiger partial charge is 2.00 e. The Balaban J connectivity index is 0.000000187. The van der Waals surface area contributed by atoms with Crippen molar-refractivity contribution in [3.05, 3.63) is 48.8 Å². The van der Waals surface area contributed by atoms with Crippen LogP contribution in [-0.4, -0.2) is 42.1 Å². The van der Waals surface area contributed by atoms with Crippen molar-refractivity contribution >= 4 is 20.6 Å². The quantitative estimate of drug-likeness (QED) is 0.587. The SMILES string of the molecule is [O-]S1(c2ccccn2)CCCCC1.[O-]S1(c2ccccn2)CCCCC1.[Zn+2]. The molecule has 2 saturated heterocycles. The van der Waals surface area contributed by atoms with E-state index in [2.05, 4.69) is 9.97 Å². The van der Waals surface area contributed by atoms with Gasteiger partial charge in [-0.05, 0) is 73.0 Å². The van der Waals surface area contributed by atoms with Crippen molar-refractivity contribution in [3.63, 3.8) is 0 Å². The number of rotatable bonds is 2. The van der Waals surface area contributed by atoms with Gasteiger partial charge in [-0.1, -0.05) is 25.0 Å². The maximum Gasteiger partial charge on any atom is 2.00 e. The number of nitrogens with zero attached hydrogens (tertiary/aromatic N) is 2. The standard InChI is InChI=1S/2C10H15NOS.Zn/c2*12-13(8-4-1-5-9-13)10-6-2-3-7-11-10;/h2*2-3,6-7,12H,1,4-5,8-9H2;/q;;+2/p-2. The van der Waals surface area contributed by atoms with Gasteiger partial charge in [0.1, 0.15) is 0 Å². The maximum absolute atomic E-state index is 12.3. The zero-order valence-corrected chi connectivity index (χ0v) is 20.5. The number of hydrogen-bond acceptors (Lipinski definition) is 4. The van der Waals surface area contributed by atoms with Crippen molar-refractivity contribution in [2.75, 3.05) is 23.0 Å². The Morgan fingerprint density at radius 2 is 0.963 bits per heavy atom. The smallest absolute Gasteiger partial charge is 0.807 e. The normalized spacial score (nSPS) is 22.9. The first kappa shape index (κ1) is 22.8. The Kier molecular flexibility index (Phi) is 9.23. The molecule has 0 radical (unpaired) electrons. The van der Waals surface area contributed by atoms with Crippen molar-refractivity contribution in [3.8, 4) is 0 Å². The van der Waals surface area contributed by atoms with Crippen LogP contribution in [0.3, 0.4) is 0 Å². The molecule has 0 saturated carbocycles. The molecule has 0 bridgehead atoms. The first-order valence-electron chi connectivity index (χ1n) is 9.44. The number of hydrogen-bond donors (Lipinski definition) is 0. The van der Waals surface area contributed by atoms with E-state index >= 15 is 0 Å². The van der Waals surface area contributed by atoms with Crippen LogP contribution in [0.25, 0.3) is 0 Å². The predicted molar refractivity (Wildman–Crippen MR) is 109 cm³/mol. The van der Waals surface area contributed by atoms with Crippen molar-refractivity contribution in [1.29, 1.82) is 0 Å². The van der Waals surface area contributed by atoms with E-state index < -0.39 is 20.6 Å². The molecule has 0 aliphatic carbocycles. The van der Waals surface area contributed by atoms with E-state index in [4.69, 9.17) is 0 Å². The molecule has 2 aromatic heterocycles. The first-order valence-corrected chi connectivity index (χ1v) is 13.2. The van der Waals surface area contributed by atoms with E-state index in [0.29, 0.717) is 0 Å². The second-order valence-electron chi connectivity index (χ2n) is 6.90. The summed E-state index contributed by atoms with van der Waals surface area (Å²) in [4.78, 5) is 8.40. The molecule has 0 atom stereocenters. The van der Waals surface area contributed by atoms with Crippen molar-refractivity contribution in [2.24, 2.45) is 0 Å². The van der Waals surface area contributed by atoms with Crippen LogP contribution in [0.4, 0.5) is 0 Å². The van der Waals surface area contributed by atoms with Gasteiger partial charge < -0.3 is 9.11 Å². The second-order valence-corrected chi connectivity index (χ2v) is 12.6. The number of pyridine rings is 2. The number of aromatic nitrogens is 2. The van der Waals surface area contributed by atoms with Gasteiger partial charge in [0.2, 0.25) is 0 Å². The topological polar surface area (TPSA) is 71.9 Å². The second kappa shape index (κ2) is 10.9. The van der Waals surface area contributed by atoms with Crippen LogP contribution in [0.5, 0.6) is 0 Å². The zero-order valence-electron chi connectivity index (χ0n) is 15.9. The Bertz CT molecular complexity index is 605. The molecule has 27 heavy (non-hydrogen) atoms. The predicted octanol–water partition coefficient (Wildman–Crippen LogP) is 5.12. The average Bonchev–Trinajstić information content (AvgIpc) is 2.71. The zero-order chi connectivity index (χ0) is 18.3. The van der Waals surface area contributed by atoms with E-state index in [1.165, 1.54) is 12.8 Å². The summed E-state index contributed by atoms with van der Waals surface area (Å²) in [6.45, 7) is 0. The van der Waals surface area contributed by atoms with Gasteiger partial charge in [0, 0.05) is 12.4 Å². The van der Waals surface area contributed by atoms with E-state index in [9.17, 15) is 9.11 Å². The third kappa shape index (κ3) is 6.26. The molecule has 2 aromatic rings. The van der Waals surface area contributed by atoms with Crippen LogP contribution < -0.4 is 0 Å². The first-order chi connectivity index (χ1) is 12.6. The van der Waals surface area contributed by atoms with Gasteiger partial charge in [-0.3, -0.25) is 30.6 Å². The third-order valence-corrected chi connectivity index (χ3v) is 10.7. The molecule has 0 unspecified atom stereocenters. The Morgan fingerprint density at radius 3 is 1.26 bits per heavy atom. The van der Waals surface area contributed by atoms with Crippen LogP contribution in [-0.2, 0) is 19.5 Å². The summed E-state index contributed by atoms with van der Waals surface area (Å²) in [5, 5.41) is 1.63. The van der Waals surface area contributed by atoms with Gasteiger partial charge in [0.25, 0.3) is 0 Å². The van der Waals surface area contributed by atoms with Crippen molar-refractivity contribution < 1.29 is 28.6 Å². The molecule has 0 aromatic carbocycles. The monoisotopic (exact) mass is 456 g/mol. The molecular weight excluding hydrogens is 430 g/mol. The summed E-state index contributed by atoms with van der Waals surface area (Å²) < 4.78 is 24.7. The fourth-order valence-electron chi connectivity index (χ4n) is 3.45. The molecule has 4 heterocycles. The minimum atomic E-state index is -1.78. The van der Waals surface area contributed by atoms with Gasteiger partial charge in [-0.15, -0.1) is 0 Å². The van der Waals surface area contributed by atoms with Gasteiger partial charge in [0.05, 0.1) is 10.1 Å². The van der Waals surface area contributed by atoms with Crippen LogP contribution in [0.2, 0.25) is 0 Å². The van der Waals surface area contributed by atoms with E-state index in [1.54, 1.807) is 12.4 Å². The molecule has 4 nitrogen and oxygen atoms in total. The van der Waals surface area contributed by atoms with Gasteiger partial charge in [-0.2, -0.15) is 0 Å². The molecule has 7 heteroatoms. The summed E-state index contributed by atoms with van der Waals surface area (Å²) in [7, 11) is -3.56. The summed E-state index contributed by atoms with van der Waals surface area (Å²) in [5.74, 6) is 3.35. The fourth-order valence-corrected chi connectivity index (χ4v) is 8.54. The third-order valence-electron chi connectivity index (χ3n) is 4.93. The molecular formula is C20H28N2O2S2Zn. The molecule has 2 aliphatic heterocycles. The van der Waals surface area contributed by atoms with Crippen LogP contribution in [0, 0.1) is 0 Å². The van der Waals surface area contributed by atoms with Gasteiger partial charge in [-0.25, -0.2) is 0 Å². The van der Waals surface area contributed by atoms with E-state index in [0.717, 1.165) is 58.7 Å². The Labute approximate surface area is 179 Å². The van der Waals surface area contributed by atoms with E-state index in [1.807, 2.05) is 36.4 Å². The molecule has 4 rings (SSSR count). The van der Waals surface area contributed by atoms with Crippen LogP contribution >= 0.6 is 20.6 Å². The molecule has 0 spiro atoms. The van der Waals surface area contributed by atoms with Crippen molar-refractivity contribution in [2.45, 2.75) is 48.6 Å². The summed E-state index contributed by atoms with van der Waals surface area (Å²) in [5.41, 5.74) is 0. The van der Waals surface area contributed by atoms with Crippen LogP contribution in [0.1, 0.15) is 38.5 Å². The maximum atomic E-state index is 12.3. The minimum Gasteiger partial charge on any atom is -0.807 e. The minimum absolute atomic E-state index is 0. The van der Waals surface area contributed by atoms with E-state index in [-0.39, 0.29) is 19.5 Å². The molecule has 2 aliphatic rings.